The van der Waals surface area contributed by atoms with Crippen LogP contribution in [0.25, 0.3) is 0 Å². The van der Waals surface area contributed by atoms with E-state index in [1.54, 1.807) is 13.3 Å². The lowest BCUT2D eigenvalue weighted by molar-refractivity contribution is 0.0691. The van der Waals surface area contributed by atoms with Gasteiger partial charge in [0.05, 0.1) is 11.9 Å². The van der Waals surface area contributed by atoms with E-state index in [9.17, 15) is 9.90 Å². The number of methoxy groups -OCH3 is 1. The van der Waals surface area contributed by atoms with Crippen LogP contribution in [0.5, 0.6) is 0 Å². The number of nitrogens with one attached hydrogen (secondary N) is 1. The van der Waals surface area contributed by atoms with E-state index in [2.05, 4.69) is 29.1 Å². The highest BCUT2D eigenvalue weighted by atomic mass is 16.5. The molecule has 0 amide bonds. The van der Waals surface area contributed by atoms with E-state index < -0.39 is 5.97 Å². The van der Waals surface area contributed by atoms with E-state index in [-0.39, 0.29) is 17.0 Å². The molecule has 0 atom stereocenters. The first-order valence-electron chi connectivity index (χ1n) is 7.10. The summed E-state index contributed by atoms with van der Waals surface area (Å²) >= 11 is 0. The number of hydrogen-bond donors (Lipinski definition) is 2. The smallest absolute Gasteiger partial charge is 0.356 e. The van der Waals surface area contributed by atoms with Gasteiger partial charge in [0.2, 0.25) is 0 Å². The number of rotatable bonds is 8. The van der Waals surface area contributed by atoms with Gasteiger partial charge < -0.3 is 15.2 Å². The first kappa shape index (κ1) is 17.4. The summed E-state index contributed by atoms with van der Waals surface area (Å²) in [4.78, 5) is 19.7. The van der Waals surface area contributed by atoms with Crippen LogP contribution >= 0.6 is 0 Å². The van der Waals surface area contributed by atoms with Crippen LogP contribution in [0.4, 0.5) is 5.69 Å². The number of carboxylic acids is 1. The van der Waals surface area contributed by atoms with Gasteiger partial charge in [-0.25, -0.2) is 14.8 Å². The Morgan fingerprint density at radius 3 is 2.67 bits per heavy atom. The van der Waals surface area contributed by atoms with E-state index in [0.29, 0.717) is 24.7 Å². The van der Waals surface area contributed by atoms with Crippen LogP contribution < -0.4 is 5.32 Å². The van der Waals surface area contributed by atoms with Crippen molar-refractivity contribution in [3.8, 4) is 0 Å². The number of anilines is 1. The number of hydrogen-bond acceptors (Lipinski definition) is 5. The van der Waals surface area contributed by atoms with Crippen LogP contribution in [-0.4, -0.2) is 41.3 Å². The highest BCUT2D eigenvalue weighted by molar-refractivity contribution is 5.91. The zero-order valence-corrected chi connectivity index (χ0v) is 13.4. The van der Waals surface area contributed by atoms with Crippen LogP contribution in [0, 0.1) is 5.41 Å². The molecule has 0 spiro atoms. The standard InChI is InChI=1S/C15H25N3O3/c1-10(2)13-16-8-11(12(18-13)14(19)20)17-9-15(3,4)6-7-21-5/h8,10,17H,6-7,9H2,1-5H3,(H,19,20). The fourth-order valence-corrected chi connectivity index (χ4v) is 1.77. The second-order valence-corrected chi connectivity index (χ2v) is 6.21. The van der Waals surface area contributed by atoms with Crippen LogP contribution in [0.2, 0.25) is 0 Å². The minimum Gasteiger partial charge on any atom is -0.476 e. The molecule has 0 aliphatic rings. The number of carboxylic acid groups (broad SMARTS) is 1. The maximum Gasteiger partial charge on any atom is 0.356 e. The molecule has 0 radical (unpaired) electrons. The maximum absolute atomic E-state index is 11.3. The van der Waals surface area contributed by atoms with Gasteiger partial charge in [-0.1, -0.05) is 27.7 Å². The van der Waals surface area contributed by atoms with E-state index in [4.69, 9.17) is 4.74 Å². The molecule has 6 nitrogen and oxygen atoms in total. The minimum absolute atomic E-state index is 0.0114. The van der Waals surface area contributed by atoms with Crippen molar-refractivity contribution >= 4 is 11.7 Å². The van der Waals surface area contributed by atoms with Crippen molar-refractivity contribution in [1.82, 2.24) is 9.97 Å². The van der Waals surface area contributed by atoms with Gasteiger partial charge in [0.15, 0.2) is 5.69 Å². The first-order valence-corrected chi connectivity index (χ1v) is 7.10. The average Bonchev–Trinajstić information content (AvgIpc) is 2.42. The molecule has 1 aromatic heterocycles. The predicted molar refractivity (Wildman–Crippen MR) is 81.8 cm³/mol. The molecular formula is C15H25N3O3. The van der Waals surface area contributed by atoms with Crippen LogP contribution in [-0.2, 0) is 4.74 Å². The van der Waals surface area contributed by atoms with Gasteiger partial charge >= 0.3 is 5.97 Å². The molecule has 0 fully saturated rings. The molecular weight excluding hydrogens is 270 g/mol. The predicted octanol–water partition coefficient (Wildman–Crippen LogP) is 2.77. The summed E-state index contributed by atoms with van der Waals surface area (Å²) < 4.78 is 5.09. The van der Waals surface area contributed by atoms with Crippen molar-refractivity contribution in [3.05, 3.63) is 17.7 Å². The van der Waals surface area contributed by atoms with Crippen LogP contribution in [0.1, 0.15) is 56.3 Å². The Balaban J connectivity index is 2.85. The molecule has 1 aromatic rings. The molecule has 0 unspecified atom stereocenters. The molecule has 6 heteroatoms. The molecule has 0 aromatic carbocycles. The van der Waals surface area contributed by atoms with Crippen molar-refractivity contribution in [1.29, 1.82) is 0 Å². The maximum atomic E-state index is 11.3. The molecule has 1 heterocycles. The molecule has 118 valence electrons. The highest BCUT2D eigenvalue weighted by Gasteiger charge is 2.20. The monoisotopic (exact) mass is 295 g/mol. The summed E-state index contributed by atoms with van der Waals surface area (Å²) in [5.74, 6) is -0.414. The van der Waals surface area contributed by atoms with Crippen molar-refractivity contribution in [3.63, 3.8) is 0 Å². The molecule has 0 aliphatic heterocycles. The number of nitrogens with zero attached hydrogens (tertiary/aromatic N) is 2. The Hall–Kier alpha value is -1.69. The Morgan fingerprint density at radius 1 is 1.48 bits per heavy atom. The van der Waals surface area contributed by atoms with Crippen molar-refractivity contribution in [2.45, 2.75) is 40.0 Å². The molecule has 2 N–H and O–H groups in total. The van der Waals surface area contributed by atoms with E-state index in [1.165, 1.54) is 0 Å². The van der Waals surface area contributed by atoms with E-state index in [1.807, 2.05) is 13.8 Å². The Morgan fingerprint density at radius 2 is 2.14 bits per heavy atom. The average molecular weight is 295 g/mol. The fourth-order valence-electron chi connectivity index (χ4n) is 1.77. The van der Waals surface area contributed by atoms with Crippen molar-refractivity contribution in [2.24, 2.45) is 5.41 Å². The van der Waals surface area contributed by atoms with Gasteiger partial charge in [-0.15, -0.1) is 0 Å². The molecule has 0 saturated heterocycles. The first-order chi connectivity index (χ1) is 9.76. The summed E-state index contributed by atoms with van der Waals surface area (Å²) in [5.41, 5.74) is 0.469. The highest BCUT2D eigenvalue weighted by Crippen LogP contribution is 2.23. The summed E-state index contributed by atoms with van der Waals surface area (Å²) in [6.07, 6.45) is 2.43. The van der Waals surface area contributed by atoms with Crippen molar-refractivity contribution < 1.29 is 14.6 Å². The van der Waals surface area contributed by atoms with Gasteiger partial charge in [-0.3, -0.25) is 0 Å². The largest absolute Gasteiger partial charge is 0.476 e. The van der Waals surface area contributed by atoms with Gasteiger partial charge in [0.1, 0.15) is 5.82 Å². The quantitative estimate of drug-likeness (QED) is 0.767. The second-order valence-electron chi connectivity index (χ2n) is 6.21. The number of carbonyl (C=O) groups is 1. The molecule has 0 saturated carbocycles. The molecule has 0 bridgehead atoms. The van der Waals surface area contributed by atoms with Gasteiger partial charge in [-0.05, 0) is 11.8 Å². The molecule has 0 aliphatic carbocycles. The minimum atomic E-state index is -1.04. The topological polar surface area (TPSA) is 84.3 Å². The lowest BCUT2D eigenvalue weighted by atomic mass is 9.89. The van der Waals surface area contributed by atoms with E-state index in [0.717, 1.165) is 6.42 Å². The SMILES string of the molecule is COCCC(C)(C)CNc1cnc(C(C)C)nc1C(=O)O. The fraction of sp³-hybridized carbons (Fsp3) is 0.667. The van der Waals surface area contributed by atoms with Gasteiger partial charge in [0, 0.05) is 26.2 Å². The Bertz CT molecular complexity index is 487. The number of ether oxygens (including phenoxy) is 1. The van der Waals surface area contributed by atoms with E-state index >= 15 is 0 Å². The summed E-state index contributed by atoms with van der Waals surface area (Å²) in [7, 11) is 1.67. The Kier molecular flexibility index (Phi) is 6.08. The second kappa shape index (κ2) is 7.36. The van der Waals surface area contributed by atoms with Gasteiger partial charge in [0.25, 0.3) is 0 Å². The lowest BCUT2D eigenvalue weighted by Gasteiger charge is -2.25. The van der Waals surface area contributed by atoms with Gasteiger partial charge in [-0.2, -0.15) is 0 Å². The third-order valence-corrected chi connectivity index (χ3v) is 3.27. The van der Waals surface area contributed by atoms with Crippen LogP contribution in [0.3, 0.4) is 0 Å². The normalized spacial score (nSPS) is 11.7. The lowest BCUT2D eigenvalue weighted by Crippen LogP contribution is -2.26. The third kappa shape index (κ3) is 5.30. The third-order valence-electron chi connectivity index (χ3n) is 3.27. The van der Waals surface area contributed by atoms with Crippen molar-refractivity contribution in [2.75, 3.05) is 25.6 Å². The Labute approximate surface area is 126 Å². The zero-order valence-electron chi connectivity index (χ0n) is 13.4. The summed E-state index contributed by atoms with van der Waals surface area (Å²) in [6, 6.07) is 0. The summed E-state index contributed by atoms with van der Waals surface area (Å²) in [5, 5.41) is 12.4. The molecule has 21 heavy (non-hydrogen) atoms. The van der Waals surface area contributed by atoms with Crippen LogP contribution in [0.15, 0.2) is 6.20 Å². The zero-order chi connectivity index (χ0) is 16.0. The summed E-state index contributed by atoms with van der Waals surface area (Å²) in [6.45, 7) is 9.36. The number of aromatic carboxylic acids is 1. The number of aromatic nitrogens is 2. The molecule has 1 rings (SSSR count).